The average molecular weight is 516 g/mol. The van der Waals surface area contributed by atoms with E-state index in [1.54, 1.807) is 22.9 Å². The number of hydrogen-bond donors (Lipinski definition) is 2. The second-order valence-corrected chi connectivity index (χ2v) is 9.41. The number of nitrogens with one attached hydrogen (secondary N) is 2. The molecule has 11 heteroatoms. The van der Waals surface area contributed by atoms with Crippen molar-refractivity contribution in [1.82, 2.24) is 20.2 Å². The quantitative estimate of drug-likeness (QED) is 0.544. The number of aromatic nitrogens is 2. The summed E-state index contributed by atoms with van der Waals surface area (Å²) in [6, 6.07) is 5.75. The van der Waals surface area contributed by atoms with E-state index < -0.39 is 23.1 Å². The molecule has 0 spiro atoms. The summed E-state index contributed by atoms with van der Waals surface area (Å²) in [4.78, 5) is 32.9. The third-order valence-corrected chi connectivity index (χ3v) is 7.02. The predicted octanol–water partition coefficient (Wildman–Crippen LogP) is 2.70. The van der Waals surface area contributed by atoms with Crippen molar-refractivity contribution in [2.45, 2.75) is 32.1 Å². The van der Waals surface area contributed by atoms with Gasteiger partial charge >= 0.3 is 6.18 Å². The Kier molecular flexibility index (Phi) is 6.91. The Balaban J connectivity index is 1.61. The summed E-state index contributed by atoms with van der Waals surface area (Å²) >= 11 is 0. The number of hydrogen-bond acceptors (Lipinski definition) is 6. The van der Waals surface area contributed by atoms with Gasteiger partial charge in [0.2, 0.25) is 5.43 Å². The molecule has 2 fully saturated rings. The number of ether oxygens (including phenoxy) is 1. The fraction of sp³-hybridized carbons (Fsp3) is 0.423. The van der Waals surface area contributed by atoms with Gasteiger partial charge in [-0.15, -0.1) is 0 Å². The van der Waals surface area contributed by atoms with Crippen molar-refractivity contribution in [3.63, 3.8) is 0 Å². The lowest BCUT2D eigenvalue weighted by atomic mass is 10.0. The van der Waals surface area contributed by atoms with E-state index in [9.17, 15) is 22.8 Å². The van der Waals surface area contributed by atoms with E-state index in [2.05, 4.69) is 20.5 Å². The van der Waals surface area contributed by atoms with E-state index >= 15 is 0 Å². The third-order valence-electron chi connectivity index (χ3n) is 7.02. The van der Waals surface area contributed by atoms with Gasteiger partial charge in [-0.3, -0.25) is 9.59 Å². The molecule has 0 radical (unpaired) electrons. The van der Waals surface area contributed by atoms with Crippen LogP contribution in [0.4, 0.5) is 18.9 Å². The van der Waals surface area contributed by atoms with E-state index in [0.717, 1.165) is 24.7 Å². The second-order valence-electron chi connectivity index (χ2n) is 9.41. The van der Waals surface area contributed by atoms with Gasteiger partial charge in [0.05, 0.1) is 36.2 Å². The molecule has 2 saturated heterocycles. The SMILES string of the molecule is Cc1c(Cn2cc(C(=O)NC3CCNC3)c(=O)c3ncc(N4CCOCC4)cc32)cccc1C(F)(F)F. The van der Waals surface area contributed by atoms with Gasteiger partial charge in [0.15, 0.2) is 0 Å². The smallest absolute Gasteiger partial charge is 0.378 e. The molecule has 37 heavy (non-hydrogen) atoms. The molecule has 0 aliphatic carbocycles. The van der Waals surface area contributed by atoms with Crippen molar-refractivity contribution in [2.24, 2.45) is 0 Å². The summed E-state index contributed by atoms with van der Waals surface area (Å²) in [5.74, 6) is -0.519. The Morgan fingerprint density at radius 2 is 2.05 bits per heavy atom. The third kappa shape index (κ3) is 5.19. The number of fused-ring (bicyclic) bond motifs is 1. The number of rotatable bonds is 5. The zero-order chi connectivity index (χ0) is 26.2. The molecule has 1 amide bonds. The van der Waals surface area contributed by atoms with Crippen LogP contribution in [-0.4, -0.2) is 60.9 Å². The largest absolute Gasteiger partial charge is 0.416 e. The number of amides is 1. The second kappa shape index (κ2) is 10.1. The van der Waals surface area contributed by atoms with Gasteiger partial charge in [0.1, 0.15) is 11.1 Å². The highest BCUT2D eigenvalue weighted by Gasteiger charge is 2.33. The minimum Gasteiger partial charge on any atom is -0.378 e. The molecule has 3 aromatic rings. The van der Waals surface area contributed by atoms with Crippen LogP contribution < -0.4 is 21.0 Å². The maximum Gasteiger partial charge on any atom is 0.416 e. The van der Waals surface area contributed by atoms with Gasteiger partial charge < -0.3 is 24.8 Å². The summed E-state index contributed by atoms with van der Waals surface area (Å²) in [5.41, 5.74) is 0.543. The van der Waals surface area contributed by atoms with Crippen molar-refractivity contribution in [3.8, 4) is 0 Å². The van der Waals surface area contributed by atoms with E-state index in [0.29, 0.717) is 43.9 Å². The fourth-order valence-electron chi connectivity index (χ4n) is 4.92. The topological polar surface area (TPSA) is 88.5 Å². The Labute approximate surface area is 211 Å². The number of halogens is 3. The molecule has 1 atom stereocenters. The zero-order valence-electron chi connectivity index (χ0n) is 20.4. The van der Waals surface area contributed by atoms with E-state index in [1.165, 1.54) is 19.2 Å². The van der Waals surface area contributed by atoms with Crippen molar-refractivity contribution in [2.75, 3.05) is 44.3 Å². The first kappa shape index (κ1) is 25.2. The highest BCUT2D eigenvalue weighted by Crippen LogP contribution is 2.33. The molecule has 2 aliphatic rings. The Hall–Kier alpha value is -3.44. The van der Waals surface area contributed by atoms with Gasteiger partial charge in [-0.05, 0) is 43.1 Å². The van der Waals surface area contributed by atoms with Gasteiger partial charge in [0, 0.05) is 38.4 Å². The standard InChI is InChI=1S/C26H28F3N5O3/c1-16-17(3-2-4-21(16)26(27,28)29)14-34-15-20(25(36)32-18-5-6-30-12-18)24(35)23-22(34)11-19(13-31-23)33-7-9-37-10-8-33/h2-4,11,13,15,18,30H,5-10,12,14H2,1H3,(H,32,36). The Morgan fingerprint density at radius 3 is 2.76 bits per heavy atom. The molecule has 4 heterocycles. The van der Waals surface area contributed by atoms with E-state index in [4.69, 9.17) is 4.74 Å². The first-order valence-electron chi connectivity index (χ1n) is 12.3. The zero-order valence-corrected chi connectivity index (χ0v) is 20.4. The van der Waals surface area contributed by atoms with Crippen LogP contribution in [0.25, 0.3) is 11.0 Å². The summed E-state index contributed by atoms with van der Waals surface area (Å²) in [6.07, 6.45) is -0.709. The highest BCUT2D eigenvalue weighted by atomic mass is 19.4. The lowest BCUT2D eigenvalue weighted by Gasteiger charge is -2.29. The average Bonchev–Trinajstić information content (AvgIpc) is 3.39. The molecular formula is C26H28F3N5O3. The van der Waals surface area contributed by atoms with Crippen molar-refractivity contribution >= 4 is 22.6 Å². The maximum absolute atomic E-state index is 13.6. The van der Waals surface area contributed by atoms with Crippen LogP contribution in [0.5, 0.6) is 0 Å². The van der Waals surface area contributed by atoms with Crippen molar-refractivity contribution in [3.05, 3.63) is 69.1 Å². The van der Waals surface area contributed by atoms with Crippen molar-refractivity contribution < 1.29 is 22.7 Å². The molecule has 0 bridgehead atoms. The van der Waals surface area contributed by atoms with Crippen LogP contribution in [0, 0.1) is 6.92 Å². The molecule has 2 aromatic heterocycles. The van der Waals surface area contributed by atoms with Crippen LogP contribution in [0.1, 0.15) is 33.5 Å². The molecule has 1 unspecified atom stereocenters. The molecule has 196 valence electrons. The predicted molar refractivity (Wildman–Crippen MR) is 133 cm³/mol. The lowest BCUT2D eigenvalue weighted by molar-refractivity contribution is -0.138. The van der Waals surface area contributed by atoms with Crippen LogP contribution >= 0.6 is 0 Å². The number of anilines is 1. The number of pyridine rings is 2. The maximum atomic E-state index is 13.6. The number of benzene rings is 1. The number of nitrogens with zero attached hydrogens (tertiary/aromatic N) is 3. The van der Waals surface area contributed by atoms with Crippen LogP contribution in [0.15, 0.2) is 41.5 Å². The minimum atomic E-state index is -4.49. The van der Waals surface area contributed by atoms with Crippen LogP contribution in [-0.2, 0) is 17.5 Å². The molecule has 2 aliphatic heterocycles. The molecule has 2 N–H and O–H groups in total. The Morgan fingerprint density at radius 1 is 1.27 bits per heavy atom. The van der Waals surface area contributed by atoms with Crippen LogP contribution in [0.3, 0.4) is 0 Å². The van der Waals surface area contributed by atoms with Crippen LogP contribution in [0.2, 0.25) is 0 Å². The number of alkyl halides is 3. The summed E-state index contributed by atoms with van der Waals surface area (Å²) in [7, 11) is 0. The molecule has 1 aromatic carbocycles. The van der Waals surface area contributed by atoms with Gasteiger partial charge in [0.25, 0.3) is 5.91 Å². The van der Waals surface area contributed by atoms with E-state index in [-0.39, 0.29) is 29.2 Å². The molecular weight excluding hydrogens is 487 g/mol. The minimum absolute atomic E-state index is 0.0338. The number of morpholine rings is 1. The van der Waals surface area contributed by atoms with Crippen molar-refractivity contribution in [1.29, 1.82) is 0 Å². The normalized spacial score (nSPS) is 18.4. The molecule has 8 nitrogen and oxygen atoms in total. The van der Waals surface area contributed by atoms with Gasteiger partial charge in [-0.25, -0.2) is 4.98 Å². The van der Waals surface area contributed by atoms with E-state index in [1.807, 2.05) is 0 Å². The lowest BCUT2D eigenvalue weighted by Crippen LogP contribution is -2.39. The molecule has 5 rings (SSSR count). The monoisotopic (exact) mass is 515 g/mol. The molecule has 0 saturated carbocycles. The summed E-state index contributed by atoms with van der Waals surface area (Å²) in [6.45, 7) is 5.27. The summed E-state index contributed by atoms with van der Waals surface area (Å²) in [5, 5.41) is 6.04. The highest BCUT2D eigenvalue weighted by molar-refractivity contribution is 5.97. The number of carbonyl (C=O) groups excluding carboxylic acids is 1. The van der Waals surface area contributed by atoms with Gasteiger partial charge in [-0.1, -0.05) is 12.1 Å². The number of carbonyl (C=O) groups is 1. The fourth-order valence-corrected chi connectivity index (χ4v) is 4.92. The first-order chi connectivity index (χ1) is 17.7. The Bertz CT molecular complexity index is 1380. The first-order valence-corrected chi connectivity index (χ1v) is 12.3. The van der Waals surface area contributed by atoms with Gasteiger partial charge in [-0.2, -0.15) is 13.2 Å². The summed E-state index contributed by atoms with van der Waals surface area (Å²) < 4.78 is 47.8.